The van der Waals surface area contributed by atoms with Crippen molar-refractivity contribution in [1.82, 2.24) is 0 Å². The number of hydrogen-bond donors (Lipinski definition) is 2. The van der Waals surface area contributed by atoms with Gasteiger partial charge in [0, 0.05) is 16.9 Å². The van der Waals surface area contributed by atoms with Gasteiger partial charge in [0.1, 0.15) is 4.99 Å². The lowest BCUT2D eigenvalue weighted by Crippen LogP contribution is -2.26. The number of hydrogen-bond acceptors (Lipinski definition) is 3. The molecule has 0 fully saturated rings. The van der Waals surface area contributed by atoms with Crippen molar-refractivity contribution < 1.29 is 8.78 Å². The standard InChI is InChI=1S/C12H16F2N2S2/c1-12(2,18-3)6-16-8-5-4-7(11(15)17)9(13)10(8)14/h4-5,16H,6H2,1-3H3,(H2,15,17). The Morgan fingerprint density at radius 3 is 2.50 bits per heavy atom. The molecule has 1 aromatic carbocycles. The summed E-state index contributed by atoms with van der Waals surface area (Å²) in [5.74, 6) is -1.95. The number of rotatable bonds is 5. The van der Waals surface area contributed by atoms with Crippen LogP contribution in [0.5, 0.6) is 0 Å². The van der Waals surface area contributed by atoms with E-state index < -0.39 is 11.6 Å². The van der Waals surface area contributed by atoms with Crippen LogP contribution in [0.4, 0.5) is 14.5 Å². The summed E-state index contributed by atoms with van der Waals surface area (Å²) in [4.78, 5) is -0.151. The number of halogens is 2. The third kappa shape index (κ3) is 3.55. The summed E-state index contributed by atoms with van der Waals surface area (Å²) < 4.78 is 27.3. The Bertz CT molecular complexity index is 462. The molecule has 0 bridgehead atoms. The molecule has 0 saturated heterocycles. The molecule has 18 heavy (non-hydrogen) atoms. The van der Waals surface area contributed by atoms with Gasteiger partial charge in [0.15, 0.2) is 11.6 Å². The molecule has 100 valence electrons. The lowest BCUT2D eigenvalue weighted by molar-refractivity contribution is 0.509. The molecule has 0 aromatic heterocycles. The molecule has 0 heterocycles. The average molecular weight is 290 g/mol. The maximum Gasteiger partial charge on any atom is 0.182 e. The second-order valence-corrected chi connectivity index (χ2v) is 6.42. The van der Waals surface area contributed by atoms with Crippen molar-refractivity contribution in [3.63, 3.8) is 0 Å². The fourth-order valence-electron chi connectivity index (χ4n) is 1.26. The van der Waals surface area contributed by atoms with Gasteiger partial charge in [0.05, 0.1) is 5.69 Å². The summed E-state index contributed by atoms with van der Waals surface area (Å²) >= 11 is 6.29. The first-order valence-electron chi connectivity index (χ1n) is 5.35. The molecule has 1 aromatic rings. The number of benzene rings is 1. The molecule has 0 aliphatic carbocycles. The summed E-state index contributed by atoms with van der Waals surface area (Å²) in [6, 6.07) is 2.83. The van der Waals surface area contributed by atoms with Crippen molar-refractivity contribution in [2.75, 3.05) is 18.1 Å². The molecular weight excluding hydrogens is 274 g/mol. The van der Waals surface area contributed by atoms with Gasteiger partial charge < -0.3 is 11.1 Å². The highest BCUT2D eigenvalue weighted by atomic mass is 32.2. The van der Waals surface area contributed by atoms with E-state index in [9.17, 15) is 8.78 Å². The normalized spacial score (nSPS) is 11.4. The first kappa shape index (κ1) is 15.2. The molecule has 0 radical (unpaired) electrons. The maximum atomic E-state index is 13.7. The second-order valence-electron chi connectivity index (χ2n) is 4.47. The molecule has 0 spiro atoms. The van der Waals surface area contributed by atoms with Crippen molar-refractivity contribution in [2.45, 2.75) is 18.6 Å². The van der Waals surface area contributed by atoms with Crippen LogP contribution >= 0.6 is 24.0 Å². The van der Waals surface area contributed by atoms with E-state index in [0.29, 0.717) is 6.54 Å². The minimum absolute atomic E-state index is 0.0647. The molecule has 0 unspecified atom stereocenters. The van der Waals surface area contributed by atoms with Crippen molar-refractivity contribution in [1.29, 1.82) is 0 Å². The fourth-order valence-corrected chi connectivity index (χ4v) is 1.63. The van der Waals surface area contributed by atoms with E-state index in [-0.39, 0.29) is 21.0 Å². The van der Waals surface area contributed by atoms with E-state index in [0.717, 1.165) is 0 Å². The summed E-state index contributed by atoms with van der Waals surface area (Å²) in [6.07, 6.45) is 1.97. The molecule has 2 nitrogen and oxygen atoms in total. The Kier molecular flexibility index (Phi) is 4.92. The molecule has 3 N–H and O–H groups in total. The molecule has 1 rings (SSSR count). The van der Waals surface area contributed by atoms with Crippen LogP contribution in [0.15, 0.2) is 12.1 Å². The van der Waals surface area contributed by atoms with Gasteiger partial charge in [-0.05, 0) is 32.2 Å². The molecule has 0 saturated carbocycles. The van der Waals surface area contributed by atoms with Crippen molar-refractivity contribution in [3.05, 3.63) is 29.3 Å². The zero-order valence-electron chi connectivity index (χ0n) is 10.5. The SMILES string of the molecule is CSC(C)(C)CNc1ccc(C(N)=S)c(F)c1F. The Balaban J connectivity index is 2.93. The van der Waals surface area contributed by atoms with E-state index in [1.165, 1.54) is 12.1 Å². The van der Waals surface area contributed by atoms with E-state index >= 15 is 0 Å². The molecule has 6 heteroatoms. The summed E-state index contributed by atoms with van der Waals surface area (Å²) in [5, 5.41) is 2.89. The monoisotopic (exact) mass is 290 g/mol. The third-order valence-electron chi connectivity index (χ3n) is 2.60. The van der Waals surface area contributed by atoms with Crippen LogP contribution in [-0.4, -0.2) is 22.5 Å². The van der Waals surface area contributed by atoms with Crippen molar-refractivity contribution >= 4 is 34.7 Å². The lowest BCUT2D eigenvalue weighted by Gasteiger charge is -2.23. The van der Waals surface area contributed by atoms with E-state index in [2.05, 4.69) is 17.5 Å². The van der Waals surface area contributed by atoms with E-state index in [1.54, 1.807) is 11.8 Å². The Morgan fingerprint density at radius 2 is 2.00 bits per heavy atom. The molecule has 0 amide bonds. The van der Waals surface area contributed by atoms with E-state index in [1.807, 2.05) is 20.1 Å². The van der Waals surface area contributed by atoms with Crippen LogP contribution in [0.3, 0.4) is 0 Å². The molecule has 0 aliphatic heterocycles. The largest absolute Gasteiger partial charge is 0.389 e. The number of nitrogens with one attached hydrogen (secondary N) is 1. The Morgan fingerprint density at radius 1 is 1.39 bits per heavy atom. The van der Waals surface area contributed by atoms with Crippen LogP contribution in [0.25, 0.3) is 0 Å². The summed E-state index contributed by atoms with van der Waals surface area (Å²) in [7, 11) is 0. The minimum Gasteiger partial charge on any atom is -0.389 e. The predicted octanol–water partition coefficient (Wildman–Crippen LogP) is 3.15. The van der Waals surface area contributed by atoms with Crippen molar-refractivity contribution in [2.24, 2.45) is 5.73 Å². The summed E-state index contributed by atoms with van der Waals surface area (Å²) in [5.41, 5.74) is 5.35. The zero-order valence-corrected chi connectivity index (χ0v) is 12.1. The molecule has 0 aliphatic rings. The number of nitrogens with two attached hydrogens (primary N) is 1. The first-order chi connectivity index (χ1) is 8.28. The van der Waals surface area contributed by atoms with Crippen LogP contribution in [0, 0.1) is 11.6 Å². The predicted molar refractivity (Wildman–Crippen MR) is 78.3 cm³/mol. The third-order valence-corrected chi connectivity index (χ3v) is 4.07. The topological polar surface area (TPSA) is 38.0 Å². The molecular formula is C12H16F2N2S2. The van der Waals surface area contributed by atoms with Gasteiger partial charge >= 0.3 is 0 Å². The highest BCUT2D eigenvalue weighted by Crippen LogP contribution is 2.25. The summed E-state index contributed by atoms with van der Waals surface area (Å²) in [6.45, 7) is 4.56. The van der Waals surface area contributed by atoms with Gasteiger partial charge in [-0.3, -0.25) is 0 Å². The second kappa shape index (κ2) is 5.84. The van der Waals surface area contributed by atoms with Gasteiger partial charge in [-0.2, -0.15) is 11.8 Å². The number of thioether (sulfide) groups is 1. The first-order valence-corrected chi connectivity index (χ1v) is 6.98. The average Bonchev–Trinajstić information content (AvgIpc) is 2.30. The van der Waals surface area contributed by atoms with Gasteiger partial charge in [0.25, 0.3) is 0 Å². The minimum atomic E-state index is -1.01. The number of thiocarbonyl (C=S) groups is 1. The smallest absolute Gasteiger partial charge is 0.182 e. The van der Waals surface area contributed by atoms with Crippen LogP contribution < -0.4 is 11.1 Å². The zero-order chi connectivity index (χ0) is 13.9. The number of anilines is 1. The maximum absolute atomic E-state index is 13.7. The highest BCUT2D eigenvalue weighted by Gasteiger charge is 2.19. The quantitative estimate of drug-likeness (QED) is 0.817. The van der Waals surface area contributed by atoms with E-state index in [4.69, 9.17) is 5.73 Å². The van der Waals surface area contributed by atoms with Crippen molar-refractivity contribution in [3.8, 4) is 0 Å². The fraction of sp³-hybridized carbons (Fsp3) is 0.417. The van der Waals surface area contributed by atoms with Gasteiger partial charge in [-0.15, -0.1) is 0 Å². The van der Waals surface area contributed by atoms with Crippen LogP contribution in [-0.2, 0) is 0 Å². The Labute approximate surface area is 115 Å². The van der Waals surface area contributed by atoms with Crippen LogP contribution in [0.1, 0.15) is 19.4 Å². The lowest BCUT2D eigenvalue weighted by atomic mass is 10.1. The van der Waals surface area contributed by atoms with Gasteiger partial charge in [0.2, 0.25) is 0 Å². The van der Waals surface area contributed by atoms with Gasteiger partial charge in [-0.25, -0.2) is 8.78 Å². The Hall–Kier alpha value is -0.880. The van der Waals surface area contributed by atoms with Gasteiger partial charge in [-0.1, -0.05) is 12.2 Å². The van der Waals surface area contributed by atoms with Crippen LogP contribution in [0.2, 0.25) is 0 Å². The highest BCUT2D eigenvalue weighted by molar-refractivity contribution is 7.99. The molecule has 0 atom stereocenters.